The fourth-order valence-corrected chi connectivity index (χ4v) is 1.88. The average molecular weight is 237 g/mol. The topological polar surface area (TPSA) is 71.0 Å². The lowest BCUT2D eigenvalue weighted by atomic mass is 10.1. The van der Waals surface area contributed by atoms with Gasteiger partial charge in [-0.3, -0.25) is 10.1 Å². The number of aliphatic imine (C=N–C) groups is 1. The van der Waals surface area contributed by atoms with Crippen molar-refractivity contribution < 1.29 is 14.3 Å². The lowest BCUT2D eigenvalue weighted by molar-refractivity contribution is -0.135. The Morgan fingerprint density at radius 1 is 1.41 bits per heavy atom. The molecule has 1 amide bonds. The molecule has 0 radical (unpaired) electrons. The number of carbonyl (C=O) groups excluding carboxylic acids is 2. The first-order chi connectivity index (χ1) is 8.20. The molecule has 0 atom stereocenters. The third-order valence-electron chi connectivity index (χ3n) is 2.80. The zero-order chi connectivity index (χ0) is 12.3. The minimum absolute atomic E-state index is 0.109. The first-order valence-corrected chi connectivity index (χ1v) is 5.65. The average Bonchev–Trinajstić information content (AvgIpc) is 2.72. The molecule has 1 fully saturated rings. The summed E-state index contributed by atoms with van der Waals surface area (Å²) >= 11 is 0. The van der Waals surface area contributed by atoms with E-state index in [0.717, 1.165) is 32.0 Å². The number of carbonyl (C=O) groups is 2. The molecule has 0 saturated carbocycles. The van der Waals surface area contributed by atoms with E-state index in [9.17, 15) is 9.59 Å². The van der Waals surface area contributed by atoms with Crippen LogP contribution >= 0.6 is 0 Å². The van der Waals surface area contributed by atoms with E-state index in [0.29, 0.717) is 5.96 Å². The number of rotatable bonds is 1. The maximum atomic E-state index is 11.6. The van der Waals surface area contributed by atoms with Gasteiger partial charge in [-0.1, -0.05) is 0 Å². The largest absolute Gasteiger partial charge is 0.466 e. The van der Waals surface area contributed by atoms with Crippen molar-refractivity contribution in [3.63, 3.8) is 0 Å². The SMILES string of the molecule is COC(=O)/C=C1\N=C(N2CCCCC2)NC1=O. The van der Waals surface area contributed by atoms with Crippen molar-refractivity contribution in [2.45, 2.75) is 19.3 Å². The molecule has 2 aliphatic heterocycles. The number of hydrogen-bond donors (Lipinski definition) is 1. The highest BCUT2D eigenvalue weighted by Crippen LogP contribution is 2.13. The molecule has 6 heteroatoms. The first kappa shape index (κ1) is 11.6. The summed E-state index contributed by atoms with van der Waals surface area (Å²) in [6.45, 7) is 1.79. The van der Waals surface area contributed by atoms with E-state index in [1.54, 1.807) is 0 Å². The van der Waals surface area contributed by atoms with Gasteiger partial charge in [0, 0.05) is 13.1 Å². The van der Waals surface area contributed by atoms with E-state index in [1.165, 1.54) is 13.5 Å². The molecule has 1 saturated heterocycles. The zero-order valence-electron chi connectivity index (χ0n) is 9.73. The van der Waals surface area contributed by atoms with Crippen LogP contribution < -0.4 is 5.32 Å². The van der Waals surface area contributed by atoms with Crippen LogP contribution in [0.1, 0.15) is 19.3 Å². The molecule has 6 nitrogen and oxygen atoms in total. The van der Waals surface area contributed by atoms with Crippen LogP contribution in [0.4, 0.5) is 0 Å². The minimum atomic E-state index is -0.571. The minimum Gasteiger partial charge on any atom is -0.466 e. The summed E-state index contributed by atoms with van der Waals surface area (Å²) in [7, 11) is 1.27. The molecule has 2 aliphatic rings. The van der Waals surface area contributed by atoms with Gasteiger partial charge >= 0.3 is 5.97 Å². The van der Waals surface area contributed by atoms with Crippen molar-refractivity contribution in [3.05, 3.63) is 11.8 Å². The third-order valence-corrected chi connectivity index (χ3v) is 2.80. The van der Waals surface area contributed by atoms with E-state index in [4.69, 9.17) is 0 Å². The molecule has 0 unspecified atom stereocenters. The van der Waals surface area contributed by atoms with Crippen molar-refractivity contribution >= 4 is 17.8 Å². The van der Waals surface area contributed by atoms with E-state index in [2.05, 4.69) is 15.0 Å². The van der Waals surface area contributed by atoms with Gasteiger partial charge in [-0.25, -0.2) is 9.79 Å². The molecule has 0 bridgehead atoms. The number of guanidine groups is 1. The van der Waals surface area contributed by atoms with E-state index in [-0.39, 0.29) is 11.6 Å². The van der Waals surface area contributed by atoms with Crippen molar-refractivity contribution in [2.75, 3.05) is 20.2 Å². The molecule has 92 valence electrons. The number of likely N-dealkylation sites (tertiary alicyclic amines) is 1. The summed E-state index contributed by atoms with van der Waals surface area (Å²) in [5.74, 6) is -0.375. The Morgan fingerprint density at radius 3 is 2.76 bits per heavy atom. The number of esters is 1. The highest BCUT2D eigenvalue weighted by molar-refractivity contribution is 6.13. The van der Waals surface area contributed by atoms with Crippen LogP contribution in [0.25, 0.3) is 0 Å². The number of amides is 1. The molecule has 2 rings (SSSR count). The number of hydrogen-bond acceptors (Lipinski definition) is 5. The van der Waals surface area contributed by atoms with Gasteiger partial charge in [-0.2, -0.15) is 0 Å². The lowest BCUT2D eigenvalue weighted by Gasteiger charge is -2.27. The monoisotopic (exact) mass is 237 g/mol. The normalized spacial score (nSPS) is 22.4. The third kappa shape index (κ3) is 2.64. The second-order valence-corrected chi connectivity index (χ2v) is 3.99. The van der Waals surface area contributed by atoms with Gasteiger partial charge in [0.15, 0.2) is 0 Å². The molecule has 17 heavy (non-hydrogen) atoms. The van der Waals surface area contributed by atoms with Crippen LogP contribution in [0.5, 0.6) is 0 Å². The lowest BCUT2D eigenvalue weighted by Crippen LogP contribution is -2.43. The van der Waals surface area contributed by atoms with Crippen molar-refractivity contribution in [1.82, 2.24) is 10.2 Å². The summed E-state index contributed by atoms with van der Waals surface area (Å²) < 4.78 is 4.46. The molecule has 0 aromatic heterocycles. The van der Waals surface area contributed by atoms with Crippen molar-refractivity contribution in [2.24, 2.45) is 4.99 Å². The van der Waals surface area contributed by atoms with Crippen LogP contribution in [0.15, 0.2) is 16.8 Å². The molecule has 2 heterocycles. The Morgan fingerprint density at radius 2 is 2.12 bits per heavy atom. The summed E-state index contributed by atoms with van der Waals surface area (Å²) in [4.78, 5) is 28.7. The van der Waals surface area contributed by atoms with Crippen LogP contribution in [-0.4, -0.2) is 42.9 Å². The number of methoxy groups -OCH3 is 1. The van der Waals surface area contributed by atoms with Crippen LogP contribution in [0.3, 0.4) is 0 Å². The Balaban J connectivity index is 2.10. The zero-order valence-corrected chi connectivity index (χ0v) is 9.73. The second kappa shape index (κ2) is 4.99. The van der Waals surface area contributed by atoms with Crippen LogP contribution in [0, 0.1) is 0 Å². The predicted octanol–water partition coefficient (Wildman–Crippen LogP) is 0.0150. The van der Waals surface area contributed by atoms with Crippen molar-refractivity contribution in [1.29, 1.82) is 0 Å². The Kier molecular flexibility index (Phi) is 3.41. The summed E-state index contributed by atoms with van der Waals surface area (Å²) in [5.41, 5.74) is 0.109. The second-order valence-electron chi connectivity index (χ2n) is 3.99. The summed E-state index contributed by atoms with van der Waals surface area (Å²) in [6, 6.07) is 0. The van der Waals surface area contributed by atoms with Gasteiger partial charge < -0.3 is 9.64 Å². The number of ether oxygens (including phenoxy) is 1. The van der Waals surface area contributed by atoms with Gasteiger partial charge in [-0.15, -0.1) is 0 Å². The van der Waals surface area contributed by atoms with Crippen molar-refractivity contribution in [3.8, 4) is 0 Å². The fourth-order valence-electron chi connectivity index (χ4n) is 1.88. The van der Waals surface area contributed by atoms with Gasteiger partial charge in [0.1, 0.15) is 5.70 Å². The molecule has 0 aromatic rings. The van der Waals surface area contributed by atoms with E-state index < -0.39 is 5.97 Å². The maximum Gasteiger partial charge on any atom is 0.332 e. The number of nitrogens with zero attached hydrogens (tertiary/aromatic N) is 2. The maximum absolute atomic E-state index is 11.6. The van der Waals surface area contributed by atoms with Gasteiger partial charge in [-0.05, 0) is 19.3 Å². The molecule has 1 N–H and O–H groups in total. The summed E-state index contributed by atoms with van der Waals surface area (Å²) in [5, 5.41) is 2.66. The molecule has 0 aromatic carbocycles. The number of piperidine rings is 1. The van der Waals surface area contributed by atoms with Gasteiger partial charge in [0.2, 0.25) is 5.96 Å². The molecule has 0 aliphatic carbocycles. The Hall–Kier alpha value is -1.85. The van der Waals surface area contributed by atoms with Gasteiger partial charge in [0.05, 0.1) is 13.2 Å². The Labute approximate surface area is 99.3 Å². The first-order valence-electron chi connectivity index (χ1n) is 5.65. The van der Waals surface area contributed by atoms with E-state index >= 15 is 0 Å². The quantitative estimate of drug-likeness (QED) is 0.515. The highest BCUT2D eigenvalue weighted by atomic mass is 16.5. The smallest absolute Gasteiger partial charge is 0.332 e. The van der Waals surface area contributed by atoms with Crippen LogP contribution in [-0.2, 0) is 14.3 Å². The highest BCUT2D eigenvalue weighted by Gasteiger charge is 2.25. The van der Waals surface area contributed by atoms with Gasteiger partial charge in [0.25, 0.3) is 5.91 Å². The predicted molar refractivity (Wildman–Crippen MR) is 61.1 cm³/mol. The molecular weight excluding hydrogens is 222 g/mol. The molecular formula is C11H15N3O3. The number of nitrogens with one attached hydrogen (secondary N) is 1. The standard InChI is InChI=1S/C11H15N3O3/c1-17-9(15)7-8-10(16)13-11(12-8)14-5-3-2-4-6-14/h7H,2-6H2,1H3,(H,12,13,16)/b8-7-. The summed E-state index contributed by atoms with van der Waals surface area (Å²) in [6.07, 6.45) is 4.52. The molecule has 0 spiro atoms. The van der Waals surface area contributed by atoms with Crippen LogP contribution in [0.2, 0.25) is 0 Å². The Bertz CT molecular complexity index is 395. The fraction of sp³-hybridized carbons (Fsp3) is 0.545. The van der Waals surface area contributed by atoms with E-state index in [1.807, 2.05) is 4.90 Å².